The number of thiocarbonyl (C=S) groups is 1. The monoisotopic (exact) mass is 391 g/mol. The van der Waals surface area contributed by atoms with E-state index in [9.17, 15) is 4.79 Å². The summed E-state index contributed by atoms with van der Waals surface area (Å²) >= 11 is 12.3. The Kier molecular flexibility index (Phi) is 7.28. The molecule has 0 bridgehead atoms. The highest BCUT2D eigenvalue weighted by Gasteiger charge is 2.26. The van der Waals surface area contributed by atoms with Crippen molar-refractivity contribution in [3.8, 4) is 0 Å². The molecular formula is C13H19N4O2S4+. The van der Waals surface area contributed by atoms with Crippen molar-refractivity contribution < 1.29 is 13.8 Å². The van der Waals surface area contributed by atoms with E-state index in [4.69, 9.17) is 16.6 Å². The van der Waals surface area contributed by atoms with E-state index in [1.54, 1.807) is 20.7 Å². The van der Waals surface area contributed by atoms with Gasteiger partial charge in [0.25, 0.3) is 9.49 Å². The van der Waals surface area contributed by atoms with E-state index in [0.29, 0.717) is 10.9 Å². The first-order valence-electron chi connectivity index (χ1n) is 6.96. The first-order chi connectivity index (χ1) is 11.0. The van der Waals surface area contributed by atoms with Gasteiger partial charge in [-0.1, -0.05) is 12.6 Å². The fourth-order valence-corrected chi connectivity index (χ4v) is 4.45. The lowest BCUT2D eigenvalue weighted by atomic mass is 10.4. The second-order valence-electron chi connectivity index (χ2n) is 4.90. The highest BCUT2D eigenvalue weighted by Crippen LogP contribution is 2.29. The molecule has 0 aromatic carbocycles. The van der Waals surface area contributed by atoms with Gasteiger partial charge < -0.3 is 14.6 Å². The molecule has 6 nitrogen and oxygen atoms in total. The number of nitrogens with one attached hydrogen (secondary N) is 1. The molecule has 0 unspecified atom stereocenters. The Morgan fingerprint density at radius 2 is 2.09 bits per heavy atom. The van der Waals surface area contributed by atoms with Crippen molar-refractivity contribution in [3.05, 3.63) is 24.2 Å². The summed E-state index contributed by atoms with van der Waals surface area (Å²) in [4.78, 5) is 14.1. The molecule has 1 aliphatic heterocycles. The molecule has 0 amide bonds. The number of thiol groups is 1. The smallest absolute Gasteiger partial charge is 0.288 e. The molecule has 0 spiro atoms. The maximum Gasteiger partial charge on any atom is 0.288 e. The van der Waals surface area contributed by atoms with Gasteiger partial charge in [-0.3, -0.25) is 4.79 Å². The SMILES string of the molecule is CN(C)C(=S)N(SC(=O)c1ccco1)SC(S)=[N+]1CCNCC1. The maximum atomic E-state index is 12.3. The fraction of sp³-hybridized carbons (Fsp3) is 0.462. The van der Waals surface area contributed by atoms with Crippen LogP contribution in [-0.4, -0.2) is 68.1 Å². The molecule has 2 heterocycles. The standard InChI is InChI=1S/C13H18N4O2S4/c1-15(2)12(20)17(22-11(18)10-4-3-9-19-10)23-13(21)16-7-5-14-6-8-16/h3-4,9,14H,5-8H2,1-2H3/p+1. The Labute approximate surface area is 155 Å². The summed E-state index contributed by atoms with van der Waals surface area (Å²) in [5, 5.41) is 3.63. The highest BCUT2D eigenvalue weighted by molar-refractivity contribution is 8.36. The molecule has 126 valence electrons. The summed E-state index contributed by atoms with van der Waals surface area (Å²) in [5.41, 5.74) is 0. The molecule has 23 heavy (non-hydrogen) atoms. The van der Waals surface area contributed by atoms with Gasteiger partial charge in [0.15, 0.2) is 24.0 Å². The Morgan fingerprint density at radius 3 is 2.65 bits per heavy atom. The summed E-state index contributed by atoms with van der Waals surface area (Å²) < 4.78 is 9.81. The molecule has 1 aromatic heterocycles. The van der Waals surface area contributed by atoms with Crippen LogP contribution in [0.25, 0.3) is 0 Å². The molecule has 0 aliphatic carbocycles. The molecule has 1 fully saturated rings. The van der Waals surface area contributed by atoms with Crippen molar-refractivity contribution in [1.29, 1.82) is 0 Å². The minimum Gasteiger partial charge on any atom is -0.460 e. The van der Waals surface area contributed by atoms with E-state index in [1.165, 1.54) is 18.2 Å². The zero-order valence-electron chi connectivity index (χ0n) is 12.9. The van der Waals surface area contributed by atoms with Crippen molar-refractivity contribution in [1.82, 2.24) is 13.9 Å². The third kappa shape index (κ3) is 5.42. The number of piperazine rings is 1. The third-order valence-electron chi connectivity index (χ3n) is 2.98. The quantitative estimate of drug-likeness (QED) is 0.247. The van der Waals surface area contributed by atoms with E-state index in [-0.39, 0.29) is 5.12 Å². The van der Waals surface area contributed by atoms with Crippen molar-refractivity contribution in [2.75, 3.05) is 40.3 Å². The largest absolute Gasteiger partial charge is 0.460 e. The normalized spacial score (nSPS) is 14.5. The van der Waals surface area contributed by atoms with E-state index in [1.807, 2.05) is 14.1 Å². The van der Waals surface area contributed by atoms with E-state index >= 15 is 0 Å². The van der Waals surface area contributed by atoms with Crippen LogP contribution in [0.5, 0.6) is 0 Å². The molecule has 1 saturated heterocycles. The average Bonchev–Trinajstić information content (AvgIpc) is 3.08. The Morgan fingerprint density at radius 1 is 1.39 bits per heavy atom. The van der Waals surface area contributed by atoms with Gasteiger partial charge in [-0.05, 0) is 24.4 Å². The molecule has 10 heteroatoms. The Hall–Kier alpha value is -0.680. The van der Waals surface area contributed by atoms with Gasteiger partial charge in [0.1, 0.15) is 0 Å². The molecule has 1 aromatic rings. The van der Waals surface area contributed by atoms with E-state index in [2.05, 4.69) is 22.5 Å². The van der Waals surface area contributed by atoms with Crippen LogP contribution in [0, 0.1) is 0 Å². The van der Waals surface area contributed by atoms with E-state index in [0.717, 1.165) is 42.5 Å². The van der Waals surface area contributed by atoms with Gasteiger partial charge in [0.2, 0.25) is 0 Å². The molecule has 0 saturated carbocycles. The second kappa shape index (κ2) is 8.97. The predicted molar refractivity (Wildman–Crippen MR) is 103 cm³/mol. The van der Waals surface area contributed by atoms with Crippen molar-refractivity contribution in [2.24, 2.45) is 0 Å². The molecular weight excluding hydrogens is 372 g/mol. The average molecular weight is 392 g/mol. The van der Waals surface area contributed by atoms with Gasteiger partial charge in [0.05, 0.1) is 31.3 Å². The molecule has 1 N–H and O–H groups in total. The van der Waals surface area contributed by atoms with Gasteiger partial charge in [-0.25, -0.2) is 8.29 Å². The van der Waals surface area contributed by atoms with Crippen LogP contribution >= 0.6 is 48.7 Å². The van der Waals surface area contributed by atoms with Crippen molar-refractivity contribution in [2.45, 2.75) is 0 Å². The topological polar surface area (TPSA) is 51.7 Å². The lowest BCUT2D eigenvalue weighted by Gasteiger charge is -2.24. The van der Waals surface area contributed by atoms with Crippen molar-refractivity contribution >= 4 is 63.3 Å². The maximum absolute atomic E-state index is 12.3. The van der Waals surface area contributed by atoms with Crippen LogP contribution in [0.1, 0.15) is 10.6 Å². The molecule has 1 aliphatic rings. The number of carbonyl (C=O) groups excluding carboxylic acids is 1. The summed E-state index contributed by atoms with van der Waals surface area (Å²) in [6.45, 7) is 3.60. The summed E-state index contributed by atoms with van der Waals surface area (Å²) in [6.07, 6.45) is 1.48. The van der Waals surface area contributed by atoms with Crippen LogP contribution in [0.4, 0.5) is 0 Å². The van der Waals surface area contributed by atoms with Crippen LogP contribution in [0.2, 0.25) is 0 Å². The number of nitrogens with zero attached hydrogens (tertiary/aromatic N) is 3. The first-order valence-corrected chi connectivity index (χ1v) is 9.36. The van der Waals surface area contributed by atoms with Crippen LogP contribution in [-0.2, 0) is 0 Å². The molecule has 0 atom stereocenters. The predicted octanol–water partition coefficient (Wildman–Crippen LogP) is 1.77. The fourth-order valence-electron chi connectivity index (χ4n) is 1.76. The minimum absolute atomic E-state index is 0.201. The summed E-state index contributed by atoms with van der Waals surface area (Å²) in [7, 11) is 3.69. The lowest BCUT2D eigenvalue weighted by Crippen LogP contribution is -2.40. The zero-order valence-corrected chi connectivity index (χ0v) is 16.2. The molecule has 0 radical (unpaired) electrons. The Bertz CT molecular complexity index is 581. The van der Waals surface area contributed by atoms with Crippen LogP contribution < -0.4 is 5.32 Å². The zero-order chi connectivity index (χ0) is 16.8. The van der Waals surface area contributed by atoms with Gasteiger partial charge in [-0.15, -0.1) is 0 Å². The first kappa shape index (κ1) is 18.7. The Balaban J connectivity index is 2.10. The highest BCUT2D eigenvalue weighted by atomic mass is 32.2. The van der Waals surface area contributed by atoms with Crippen LogP contribution in [0.15, 0.2) is 22.8 Å². The van der Waals surface area contributed by atoms with E-state index < -0.39 is 0 Å². The summed E-state index contributed by atoms with van der Waals surface area (Å²) in [6, 6.07) is 3.32. The second-order valence-corrected chi connectivity index (χ2v) is 8.08. The van der Waals surface area contributed by atoms with Crippen LogP contribution in [0.3, 0.4) is 0 Å². The lowest BCUT2D eigenvalue weighted by molar-refractivity contribution is -0.527. The number of hydrogen-bond acceptors (Lipinski definition) is 6. The number of hydrogen-bond donors (Lipinski definition) is 2. The van der Waals surface area contributed by atoms with Crippen molar-refractivity contribution in [3.63, 3.8) is 0 Å². The molecule has 2 rings (SSSR count). The van der Waals surface area contributed by atoms with Gasteiger partial charge >= 0.3 is 0 Å². The van der Waals surface area contributed by atoms with Gasteiger partial charge in [0, 0.05) is 26.0 Å². The minimum atomic E-state index is -0.201. The third-order valence-corrected chi connectivity index (χ3v) is 6.20. The van der Waals surface area contributed by atoms with Gasteiger partial charge in [-0.2, -0.15) is 0 Å². The number of furan rings is 1. The number of carbonyl (C=O) groups is 1. The number of rotatable bonds is 1. The summed E-state index contributed by atoms with van der Waals surface area (Å²) in [5.74, 6) is 0.296.